The number of nitrogens with one attached hydrogen (secondary N) is 2. The van der Waals surface area contributed by atoms with Crippen molar-refractivity contribution < 1.29 is 8.42 Å². The summed E-state index contributed by atoms with van der Waals surface area (Å²) < 4.78 is 25.7. The summed E-state index contributed by atoms with van der Waals surface area (Å²) in [6.07, 6.45) is 2.92. The number of nitrogens with zero attached hydrogens (tertiary/aromatic N) is 2. The molecule has 2 aromatic heterocycles. The SMILES string of the molecule is Cc1cc(N2C(=S)N[C@H](c3ccccn3)[C@H]2c2cccs2)ccc1NS(C)(=O)=O. The van der Waals surface area contributed by atoms with Crippen LogP contribution in [0.3, 0.4) is 0 Å². The van der Waals surface area contributed by atoms with Crippen LogP contribution in [0, 0.1) is 6.92 Å². The van der Waals surface area contributed by atoms with Gasteiger partial charge in [0.1, 0.15) is 0 Å². The second-order valence-corrected chi connectivity index (χ2v) is 10.00. The minimum Gasteiger partial charge on any atom is -0.351 e. The third-order valence-corrected chi connectivity index (χ3v) is 6.56. The molecule has 0 amide bonds. The summed E-state index contributed by atoms with van der Waals surface area (Å²) >= 11 is 7.37. The zero-order valence-electron chi connectivity index (χ0n) is 15.9. The summed E-state index contributed by atoms with van der Waals surface area (Å²) in [7, 11) is -3.34. The number of pyridine rings is 1. The van der Waals surface area contributed by atoms with E-state index in [1.165, 1.54) is 4.88 Å². The number of hydrogen-bond donors (Lipinski definition) is 2. The largest absolute Gasteiger partial charge is 0.351 e. The first-order chi connectivity index (χ1) is 13.8. The van der Waals surface area contributed by atoms with Crippen molar-refractivity contribution in [1.29, 1.82) is 0 Å². The summed E-state index contributed by atoms with van der Waals surface area (Å²) in [6, 6.07) is 15.5. The molecule has 1 saturated heterocycles. The normalized spacial score (nSPS) is 19.2. The van der Waals surface area contributed by atoms with Gasteiger partial charge in [-0.15, -0.1) is 11.3 Å². The molecule has 1 aliphatic rings. The predicted molar refractivity (Wildman–Crippen MR) is 122 cm³/mol. The molecule has 0 radical (unpaired) electrons. The number of aryl methyl sites for hydroxylation is 1. The van der Waals surface area contributed by atoms with E-state index in [1.54, 1.807) is 23.6 Å². The number of thiocarbonyl (C=S) groups is 1. The van der Waals surface area contributed by atoms with Crippen molar-refractivity contribution in [3.8, 4) is 0 Å². The molecular weight excluding hydrogens is 424 g/mol. The van der Waals surface area contributed by atoms with Crippen LogP contribution >= 0.6 is 23.6 Å². The van der Waals surface area contributed by atoms with Gasteiger partial charge in [0, 0.05) is 16.8 Å². The Morgan fingerprint density at radius 2 is 2.03 bits per heavy atom. The molecule has 9 heteroatoms. The number of rotatable bonds is 5. The average Bonchev–Trinajstić information content (AvgIpc) is 3.30. The molecule has 0 saturated carbocycles. The molecule has 3 aromatic rings. The average molecular weight is 445 g/mol. The Balaban J connectivity index is 1.76. The van der Waals surface area contributed by atoms with Crippen molar-refractivity contribution in [2.45, 2.75) is 19.0 Å². The molecule has 3 heterocycles. The Labute approximate surface area is 179 Å². The van der Waals surface area contributed by atoms with E-state index in [4.69, 9.17) is 12.2 Å². The van der Waals surface area contributed by atoms with E-state index >= 15 is 0 Å². The van der Waals surface area contributed by atoms with Crippen molar-refractivity contribution in [3.05, 3.63) is 76.2 Å². The number of aromatic nitrogens is 1. The fraction of sp³-hybridized carbons (Fsp3) is 0.200. The van der Waals surface area contributed by atoms with Gasteiger partial charge in [0.15, 0.2) is 5.11 Å². The third-order valence-electron chi connectivity index (χ3n) is 4.72. The van der Waals surface area contributed by atoms with Crippen LogP contribution < -0.4 is 14.9 Å². The number of thiophene rings is 1. The van der Waals surface area contributed by atoms with Gasteiger partial charge in [-0.3, -0.25) is 9.71 Å². The summed E-state index contributed by atoms with van der Waals surface area (Å²) in [6.45, 7) is 1.87. The second-order valence-electron chi connectivity index (χ2n) is 6.89. The highest BCUT2D eigenvalue weighted by Gasteiger charge is 2.41. The fourth-order valence-electron chi connectivity index (χ4n) is 3.49. The van der Waals surface area contributed by atoms with Gasteiger partial charge >= 0.3 is 0 Å². The lowest BCUT2D eigenvalue weighted by Gasteiger charge is -2.27. The molecule has 0 aliphatic carbocycles. The van der Waals surface area contributed by atoms with E-state index in [0.29, 0.717) is 10.8 Å². The lowest BCUT2D eigenvalue weighted by Crippen LogP contribution is -2.29. The lowest BCUT2D eigenvalue weighted by molar-refractivity contribution is 0.575. The Bertz CT molecular complexity index is 1130. The summed E-state index contributed by atoms with van der Waals surface area (Å²) in [5, 5.41) is 6.08. The van der Waals surface area contributed by atoms with E-state index in [9.17, 15) is 8.42 Å². The maximum absolute atomic E-state index is 11.6. The van der Waals surface area contributed by atoms with Crippen LogP contribution in [0.4, 0.5) is 11.4 Å². The Hall–Kier alpha value is -2.49. The van der Waals surface area contributed by atoms with Gasteiger partial charge in [0.2, 0.25) is 10.0 Å². The zero-order valence-corrected chi connectivity index (χ0v) is 18.3. The summed E-state index contributed by atoms with van der Waals surface area (Å²) in [5.74, 6) is 0. The van der Waals surface area contributed by atoms with Crippen LogP contribution in [0.15, 0.2) is 60.1 Å². The highest BCUT2D eigenvalue weighted by molar-refractivity contribution is 7.92. The molecule has 150 valence electrons. The molecule has 0 bridgehead atoms. The first kappa shape index (κ1) is 19.8. The van der Waals surface area contributed by atoms with Crippen LogP contribution in [0.25, 0.3) is 0 Å². The molecular formula is C20H20N4O2S3. The Morgan fingerprint density at radius 1 is 1.21 bits per heavy atom. The van der Waals surface area contributed by atoms with E-state index in [0.717, 1.165) is 23.2 Å². The number of sulfonamides is 1. The predicted octanol–water partition coefficient (Wildman–Crippen LogP) is 4.00. The van der Waals surface area contributed by atoms with Crippen LogP contribution in [-0.2, 0) is 10.0 Å². The van der Waals surface area contributed by atoms with E-state index in [2.05, 4.69) is 31.4 Å². The first-order valence-corrected chi connectivity index (χ1v) is 12.1. The molecule has 1 fully saturated rings. The van der Waals surface area contributed by atoms with Crippen molar-refractivity contribution in [2.75, 3.05) is 15.9 Å². The van der Waals surface area contributed by atoms with Crippen LogP contribution in [-0.4, -0.2) is 24.8 Å². The maximum atomic E-state index is 11.6. The van der Waals surface area contributed by atoms with Gasteiger partial charge in [-0.05, 0) is 66.5 Å². The van der Waals surface area contributed by atoms with E-state index < -0.39 is 10.0 Å². The lowest BCUT2D eigenvalue weighted by atomic mass is 10.0. The number of anilines is 2. The topological polar surface area (TPSA) is 74.3 Å². The van der Waals surface area contributed by atoms with Gasteiger partial charge in [-0.2, -0.15) is 0 Å². The Kier molecular flexibility index (Phi) is 5.28. The van der Waals surface area contributed by atoms with Gasteiger partial charge in [0.05, 0.1) is 29.7 Å². The molecule has 2 atom stereocenters. The third kappa shape index (κ3) is 4.12. The standard InChI is InChI=1S/C20H20N4O2S3/c1-13-12-14(8-9-15(13)23-29(2,25)26)24-19(17-7-5-11-28-17)18(22-20(24)27)16-6-3-4-10-21-16/h3-12,18-19,23H,1-2H3,(H,22,27)/t18-,19-/m1/s1. The van der Waals surface area contributed by atoms with Crippen LogP contribution in [0.1, 0.15) is 28.2 Å². The first-order valence-electron chi connectivity index (χ1n) is 8.96. The molecule has 4 rings (SSSR count). The molecule has 0 unspecified atom stereocenters. The summed E-state index contributed by atoms with van der Waals surface area (Å²) in [4.78, 5) is 7.79. The van der Waals surface area contributed by atoms with Gasteiger partial charge < -0.3 is 10.2 Å². The van der Waals surface area contributed by atoms with Gasteiger partial charge in [0.25, 0.3) is 0 Å². The van der Waals surface area contributed by atoms with Gasteiger partial charge in [-0.25, -0.2) is 8.42 Å². The smallest absolute Gasteiger partial charge is 0.229 e. The maximum Gasteiger partial charge on any atom is 0.229 e. The minimum absolute atomic E-state index is 0.0504. The van der Waals surface area contributed by atoms with E-state index in [-0.39, 0.29) is 12.1 Å². The fourth-order valence-corrected chi connectivity index (χ4v) is 5.32. The van der Waals surface area contributed by atoms with Crippen LogP contribution in [0.5, 0.6) is 0 Å². The van der Waals surface area contributed by atoms with Crippen LogP contribution in [0.2, 0.25) is 0 Å². The van der Waals surface area contributed by atoms with Gasteiger partial charge in [-0.1, -0.05) is 12.1 Å². The van der Waals surface area contributed by atoms with Crippen molar-refractivity contribution >= 4 is 50.1 Å². The zero-order chi connectivity index (χ0) is 20.6. The molecule has 1 aromatic carbocycles. The highest BCUT2D eigenvalue weighted by Crippen LogP contribution is 2.43. The van der Waals surface area contributed by atoms with Crippen molar-refractivity contribution in [2.24, 2.45) is 0 Å². The molecule has 2 N–H and O–H groups in total. The quantitative estimate of drug-likeness (QED) is 0.580. The second kappa shape index (κ2) is 7.74. The van der Waals surface area contributed by atoms with E-state index in [1.807, 2.05) is 43.3 Å². The minimum atomic E-state index is -3.34. The van der Waals surface area contributed by atoms with Crippen molar-refractivity contribution in [3.63, 3.8) is 0 Å². The summed E-state index contributed by atoms with van der Waals surface area (Å²) in [5.41, 5.74) is 3.20. The molecule has 0 spiro atoms. The Morgan fingerprint density at radius 3 is 2.66 bits per heavy atom. The monoisotopic (exact) mass is 444 g/mol. The molecule has 29 heavy (non-hydrogen) atoms. The number of hydrogen-bond acceptors (Lipinski definition) is 5. The molecule has 6 nitrogen and oxygen atoms in total. The highest BCUT2D eigenvalue weighted by atomic mass is 32.2. The van der Waals surface area contributed by atoms with Crippen molar-refractivity contribution in [1.82, 2.24) is 10.3 Å². The number of benzene rings is 1. The molecule has 1 aliphatic heterocycles.